The smallest absolute Gasteiger partial charge is 0.232 e. The molecule has 138 valence electrons. The Labute approximate surface area is 164 Å². The second kappa shape index (κ2) is 10.2. The summed E-state index contributed by atoms with van der Waals surface area (Å²) < 4.78 is 0. The minimum absolute atomic E-state index is 0.154. The predicted molar refractivity (Wildman–Crippen MR) is 115 cm³/mol. The van der Waals surface area contributed by atoms with Crippen molar-refractivity contribution in [2.45, 2.75) is 0 Å². The van der Waals surface area contributed by atoms with Crippen LogP contribution in [0.4, 0.5) is 17.6 Å². The van der Waals surface area contributed by atoms with Gasteiger partial charge in [0.1, 0.15) is 0 Å². The molecule has 1 aromatic heterocycles. The van der Waals surface area contributed by atoms with E-state index in [0.717, 1.165) is 11.3 Å². The van der Waals surface area contributed by atoms with E-state index >= 15 is 0 Å². The van der Waals surface area contributed by atoms with Gasteiger partial charge in [-0.2, -0.15) is 15.0 Å². The molecule has 0 saturated heterocycles. The second-order valence-corrected chi connectivity index (χ2v) is 5.74. The molecule has 5 heteroatoms. The van der Waals surface area contributed by atoms with Crippen LogP contribution in [0.2, 0.25) is 0 Å². The molecule has 28 heavy (non-hydrogen) atoms. The molecule has 3 aromatic rings. The second-order valence-electron chi connectivity index (χ2n) is 5.74. The van der Waals surface area contributed by atoms with Crippen LogP contribution >= 0.6 is 0 Å². The molecule has 0 unspecified atom stereocenters. The third-order valence-electron chi connectivity index (χ3n) is 3.60. The van der Waals surface area contributed by atoms with Gasteiger partial charge >= 0.3 is 0 Å². The minimum Gasteiger partial charge on any atom is -0.368 e. The summed E-state index contributed by atoms with van der Waals surface area (Å²) >= 11 is 0. The first-order valence-electron chi connectivity index (χ1n) is 8.87. The number of anilines is 3. The number of nitrogens with zero attached hydrogens (tertiary/aromatic N) is 3. The molecule has 0 fully saturated rings. The van der Waals surface area contributed by atoms with Crippen molar-refractivity contribution in [2.75, 3.05) is 11.1 Å². The van der Waals surface area contributed by atoms with Crippen LogP contribution in [0, 0.1) is 0 Å². The summed E-state index contributed by atoms with van der Waals surface area (Å²) in [5.74, 6) is 1.03. The summed E-state index contributed by atoms with van der Waals surface area (Å²) in [5.41, 5.74) is 7.59. The van der Waals surface area contributed by atoms with E-state index in [1.165, 1.54) is 0 Å². The Morgan fingerprint density at radius 1 is 0.536 bits per heavy atom. The number of hydrogen-bond donors (Lipinski definition) is 2. The van der Waals surface area contributed by atoms with E-state index in [0.29, 0.717) is 11.8 Å². The molecule has 0 atom stereocenters. The summed E-state index contributed by atoms with van der Waals surface area (Å²) in [6, 6.07) is 35.0. The quantitative estimate of drug-likeness (QED) is 0.672. The molecular weight excluding hydrogens is 346 g/mol. The highest BCUT2D eigenvalue weighted by molar-refractivity contribution is 5.59. The van der Waals surface area contributed by atoms with Crippen molar-refractivity contribution in [3.8, 4) is 11.4 Å². The van der Waals surface area contributed by atoms with Crippen LogP contribution < -0.4 is 11.1 Å². The van der Waals surface area contributed by atoms with E-state index in [-0.39, 0.29) is 5.95 Å². The van der Waals surface area contributed by atoms with Crippen LogP contribution in [0.3, 0.4) is 0 Å². The first-order chi connectivity index (χ1) is 13.8. The minimum atomic E-state index is 0.154. The zero-order valence-electron chi connectivity index (χ0n) is 15.3. The van der Waals surface area contributed by atoms with Gasteiger partial charge < -0.3 is 11.1 Å². The van der Waals surface area contributed by atoms with Gasteiger partial charge in [0.25, 0.3) is 0 Å². The third kappa shape index (κ3) is 6.07. The third-order valence-corrected chi connectivity index (χ3v) is 3.60. The van der Waals surface area contributed by atoms with E-state index in [2.05, 4.69) is 20.3 Å². The molecule has 1 heterocycles. The van der Waals surface area contributed by atoms with Crippen molar-refractivity contribution in [3.63, 3.8) is 0 Å². The molecule has 3 N–H and O–H groups in total. The van der Waals surface area contributed by atoms with Gasteiger partial charge in [-0.1, -0.05) is 97.1 Å². The summed E-state index contributed by atoms with van der Waals surface area (Å²) in [5, 5.41) is 3.20. The van der Waals surface area contributed by atoms with Crippen LogP contribution in [0.25, 0.3) is 11.4 Å². The highest BCUT2D eigenvalue weighted by Gasteiger charge is 2.06. The van der Waals surface area contributed by atoms with E-state index in [1.807, 2.05) is 109 Å². The largest absolute Gasteiger partial charge is 0.368 e. The fourth-order valence-corrected chi connectivity index (χ4v) is 2.33. The lowest BCUT2D eigenvalue weighted by Gasteiger charge is -2.06. The lowest BCUT2D eigenvalue weighted by Crippen LogP contribution is -2.04. The molecule has 0 bridgehead atoms. The standard InChI is InChI=1S/C23H21N5/c24-22-26-21(19-15-11-7-3-1-4-8-12-16-19)27-23(28-22)25-20-17-13-9-5-2-6-10-14-18-20/h1-18H,(H3,24,25,26,27,28). The maximum atomic E-state index is 5.93. The molecule has 0 saturated carbocycles. The fraction of sp³-hybridized carbons (Fsp3) is 0. The summed E-state index contributed by atoms with van der Waals surface area (Å²) in [4.78, 5) is 13.0. The lowest BCUT2D eigenvalue weighted by molar-refractivity contribution is 1.08. The molecule has 5 nitrogen and oxygen atoms in total. The van der Waals surface area contributed by atoms with Gasteiger partial charge in [0.05, 0.1) is 0 Å². The van der Waals surface area contributed by atoms with Crippen molar-refractivity contribution in [2.24, 2.45) is 0 Å². The SMILES string of the molecule is Nc1nc(Nc2ccccccccc2)nc(-c2ccccccccc2)n1. The van der Waals surface area contributed by atoms with E-state index in [1.54, 1.807) is 0 Å². The molecule has 2 aromatic carbocycles. The van der Waals surface area contributed by atoms with Crippen molar-refractivity contribution in [3.05, 3.63) is 109 Å². The molecular formula is C23H21N5. The number of nitrogens with one attached hydrogen (secondary N) is 1. The average Bonchev–Trinajstić information content (AvgIpc) is 2.70. The molecule has 3 rings (SSSR count). The van der Waals surface area contributed by atoms with Crippen molar-refractivity contribution in [1.29, 1.82) is 0 Å². The Bertz CT molecular complexity index is 984. The number of rotatable bonds is 3. The first-order valence-corrected chi connectivity index (χ1v) is 8.87. The summed E-state index contributed by atoms with van der Waals surface area (Å²) in [7, 11) is 0. The summed E-state index contributed by atoms with van der Waals surface area (Å²) in [6.07, 6.45) is 0. The van der Waals surface area contributed by atoms with Gasteiger partial charge in [0.15, 0.2) is 5.82 Å². The van der Waals surface area contributed by atoms with Gasteiger partial charge in [-0.25, -0.2) is 0 Å². The number of hydrogen-bond acceptors (Lipinski definition) is 5. The normalized spacial score (nSPS) is 9.57. The maximum Gasteiger partial charge on any atom is 0.232 e. The van der Waals surface area contributed by atoms with Gasteiger partial charge in [-0.05, 0) is 12.1 Å². The van der Waals surface area contributed by atoms with Gasteiger partial charge in [0.2, 0.25) is 11.9 Å². The molecule has 0 spiro atoms. The van der Waals surface area contributed by atoms with E-state index < -0.39 is 0 Å². The fourth-order valence-electron chi connectivity index (χ4n) is 2.33. The number of nitrogen functional groups attached to an aromatic ring is 1. The highest BCUT2D eigenvalue weighted by atomic mass is 15.2. The Hall–Kier alpha value is -3.99. The van der Waals surface area contributed by atoms with Crippen molar-refractivity contribution < 1.29 is 0 Å². The zero-order chi connectivity index (χ0) is 19.4. The van der Waals surface area contributed by atoms with Crippen LogP contribution in [0.15, 0.2) is 109 Å². The molecule has 0 radical (unpaired) electrons. The van der Waals surface area contributed by atoms with E-state index in [9.17, 15) is 0 Å². The molecule has 0 aliphatic carbocycles. The Morgan fingerprint density at radius 3 is 1.54 bits per heavy atom. The van der Waals surface area contributed by atoms with Crippen LogP contribution in [0.5, 0.6) is 0 Å². The van der Waals surface area contributed by atoms with Crippen molar-refractivity contribution >= 4 is 17.6 Å². The van der Waals surface area contributed by atoms with Gasteiger partial charge in [-0.15, -0.1) is 0 Å². The lowest BCUT2D eigenvalue weighted by atomic mass is 10.2. The highest BCUT2D eigenvalue weighted by Crippen LogP contribution is 2.17. The summed E-state index contributed by atoms with van der Waals surface area (Å²) in [6.45, 7) is 0. The van der Waals surface area contributed by atoms with Crippen molar-refractivity contribution in [1.82, 2.24) is 15.0 Å². The first kappa shape index (κ1) is 18.8. The zero-order valence-corrected chi connectivity index (χ0v) is 15.3. The number of aromatic nitrogens is 3. The average molecular weight is 367 g/mol. The Balaban J connectivity index is 1.99. The topological polar surface area (TPSA) is 76.7 Å². The van der Waals surface area contributed by atoms with Crippen LogP contribution in [-0.2, 0) is 0 Å². The monoisotopic (exact) mass is 367 g/mol. The van der Waals surface area contributed by atoms with Crippen LogP contribution in [0.1, 0.15) is 0 Å². The number of nitrogens with two attached hydrogens (primary N) is 1. The van der Waals surface area contributed by atoms with Gasteiger partial charge in [0, 0.05) is 11.3 Å². The van der Waals surface area contributed by atoms with Crippen LogP contribution in [-0.4, -0.2) is 15.0 Å². The Morgan fingerprint density at radius 2 is 1.00 bits per heavy atom. The van der Waals surface area contributed by atoms with E-state index in [4.69, 9.17) is 5.73 Å². The molecule has 0 aliphatic rings. The Kier molecular flexibility index (Phi) is 6.87. The molecule has 0 aliphatic heterocycles. The maximum absolute atomic E-state index is 5.93. The molecule has 0 amide bonds. The van der Waals surface area contributed by atoms with Gasteiger partial charge in [-0.3, -0.25) is 0 Å². The predicted octanol–water partition coefficient (Wildman–Crippen LogP) is 5.11.